The molecule has 6 nitrogen and oxygen atoms in total. The Bertz CT molecular complexity index is 1250. The van der Waals surface area contributed by atoms with E-state index in [2.05, 4.69) is 9.72 Å². The van der Waals surface area contributed by atoms with Crippen molar-refractivity contribution in [2.75, 3.05) is 0 Å². The zero-order chi connectivity index (χ0) is 23.8. The summed E-state index contributed by atoms with van der Waals surface area (Å²) in [6.45, 7) is 0. The van der Waals surface area contributed by atoms with Crippen molar-refractivity contribution in [3.05, 3.63) is 70.3 Å². The lowest BCUT2D eigenvalue weighted by atomic mass is 9.98. The molecule has 1 amide bonds. The number of benzene rings is 2. The van der Waals surface area contributed by atoms with Gasteiger partial charge in [0, 0.05) is 24.4 Å². The van der Waals surface area contributed by atoms with Gasteiger partial charge in [-0.3, -0.25) is 9.59 Å². The highest BCUT2D eigenvalue weighted by atomic mass is 19.4. The van der Waals surface area contributed by atoms with Gasteiger partial charge in [0.1, 0.15) is 17.1 Å². The Morgan fingerprint density at radius 2 is 1.69 bits per heavy atom. The number of alkyl halides is 6. The van der Waals surface area contributed by atoms with Crippen LogP contribution in [0.25, 0.3) is 22.4 Å². The maximum Gasteiger partial charge on any atom is 0.573 e. The summed E-state index contributed by atoms with van der Waals surface area (Å²) < 4.78 is 82.7. The normalized spacial score (nSPS) is 12.0. The Balaban J connectivity index is 2.22. The Kier molecular flexibility index (Phi) is 5.73. The topological polar surface area (TPSA) is 87.2 Å². The highest BCUT2D eigenvalue weighted by Gasteiger charge is 2.35. The van der Waals surface area contributed by atoms with Gasteiger partial charge in [-0.2, -0.15) is 13.2 Å². The van der Waals surface area contributed by atoms with Crippen molar-refractivity contribution in [2.24, 2.45) is 12.8 Å². The lowest BCUT2D eigenvalue weighted by molar-refractivity contribution is -0.274. The third kappa shape index (κ3) is 4.90. The van der Waals surface area contributed by atoms with Crippen molar-refractivity contribution < 1.29 is 35.9 Å². The van der Waals surface area contributed by atoms with Crippen LogP contribution in [-0.2, 0) is 13.2 Å². The van der Waals surface area contributed by atoms with Crippen LogP contribution in [-0.4, -0.2) is 21.8 Å². The molecule has 0 aliphatic heterocycles. The van der Waals surface area contributed by atoms with Crippen molar-refractivity contribution in [2.45, 2.75) is 12.5 Å². The van der Waals surface area contributed by atoms with Crippen molar-refractivity contribution in [1.82, 2.24) is 9.55 Å². The zero-order valence-corrected chi connectivity index (χ0v) is 16.1. The molecule has 168 valence electrons. The molecule has 32 heavy (non-hydrogen) atoms. The van der Waals surface area contributed by atoms with Crippen LogP contribution in [0.1, 0.15) is 16.1 Å². The number of aryl methyl sites for hydroxylation is 1. The van der Waals surface area contributed by atoms with Gasteiger partial charge in [0.25, 0.3) is 11.5 Å². The predicted octanol–water partition coefficient (Wildman–Crippen LogP) is 4.13. The number of hydrogen-bond donors (Lipinski definition) is 1. The van der Waals surface area contributed by atoms with Crippen molar-refractivity contribution in [3.63, 3.8) is 0 Å². The summed E-state index contributed by atoms with van der Waals surface area (Å²) in [7, 11) is 1.33. The number of nitrogens with two attached hydrogens (primary N) is 1. The maximum absolute atomic E-state index is 13.2. The summed E-state index contributed by atoms with van der Waals surface area (Å²) in [5.41, 5.74) is 2.23. The van der Waals surface area contributed by atoms with E-state index >= 15 is 0 Å². The average molecular weight is 457 g/mol. The van der Waals surface area contributed by atoms with Crippen LogP contribution < -0.4 is 16.0 Å². The predicted molar refractivity (Wildman–Crippen MR) is 101 cm³/mol. The van der Waals surface area contributed by atoms with Crippen molar-refractivity contribution in [1.29, 1.82) is 0 Å². The summed E-state index contributed by atoms with van der Waals surface area (Å²) in [6.07, 6.45) is -8.88. The summed E-state index contributed by atoms with van der Waals surface area (Å²) in [6, 6.07) is 6.59. The molecule has 0 fully saturated rings. The molecule has 2 N–H and O–H groups in total. The molecular weight excluding hydrogens is 444 g/mol. The molecule has 0 bridgehead atoms. The average Bonchev–Trinajstić information content (AvgIpc) is 2.68. The van der Waals surface area contributed by atoms with E-state index in [9.17, 15) is 35.9 Å². The Hall–Kier alpha value is -3.83. The van der Waals surface area contributed by atoms with Crippen molar-refractivity contribution in [3.8, 4) is 28.1 Å². The number of rotatable bonds is 4. The third-order valence-electron chi connectivity index (χ3n) is 4.30. The van der Waals surface area contributed by atoms with E-state index in [0.717, 1.165) is 16.8 Å². The molecule has 3 rings (SSSR count). The molecule has 1 aromatic heterocycles. The van der Waals surface area contributed by atoms with Crippen LogP contribution in [0.3, 0.4) is 0 Å². The number of nitrogens with zero attached hydrogens (tertiary/aromatic N) is 2. The summed E-state index contributed by atoms with van der Waals surface area (Å²) in [5.74, 6) is -1.80. The van der Waals surface area contributed by atoms with Gasteiger partial charge >= 0.3 is 12.5 Å². The van der Waals surface area contributed by atoms with Gasteiger partial charge in [-0.1, -0.05) is 18.2 Å². The number of hydrogen-bond acceptors (Lipinski definition) is 4. The number of aromatic nitrogens is 2. The van der Waals surface area contributed by atoms with Crippen molar-refractivity contribution >= 4 is 5.91 Å². The fourth-order valence-electron chi connectivity index (χ4n) is 2.89. The van der Waals surface area contributed by atoms with Gasteiger partial charge in [-0.25, -0.2) is 4.98 Å². The first-order chi connectivity index (χ1) is 14.8. The smallest absolute Gasteiger partial charge is 0.405 e. The van der Waals surface area contributed by atoms with Gasteiger partial charge < -0.3 is 15.0 Å². The molecular formula is C20H13F6N3O3. The first-order valence-corrected chi connectivity index (χ1v) is 8.71. The zero-order valence-electron chi connectivity index (χ0n) is 16.1. The molecule has 0 spiro atoms. The minimum Gasteiger partial charge on any atom is -0.405 e. The van der Waals surface area contributed by atoms with Gasteiger partial charge in [-0.05, 0) is 29.8 Å². The van der Waals surface area contributed by atoms with E-state index in [0.29, 0.717) is 18.2 Å². The van der Waals surface area contributed by atoms with Crippen LogP contribution in [0.2, 0.25) is 0 Å². The molecule has 3 aromatic rings. The summed E-state index contributed by atoms with van der Waals surface area (Å²) in [5, 5.41) is 0. The van der Waals surface area contributed by atoms with E-state index in [1.54, 1.807) is 0 Å². The maximum atomic E-state index is 13.2. The SMILES string of the molecule is Cn1cc(C(N)=O)nc(-c2cccc(-c3cc(C(F)(F)F)ccc3OC(F)(F)F)c2)c1=O. The number of halogens is 6. The van der Waals surface area contributed by atoms with E-state index in [1.807, 2.05) is 0 Å². The first kappa shape index (κ1) is 22.8. The van der Waals surface area contributed by atoms with Gasteiger partial charge in [-0.15, -0.1) is 13.2 Å². The molecule has 1 heterocycles. The highest BCUT2D eigenvalue weighted by molar-refractivity contribution is 5.91. The standard InChI is InChI=1S/C20H13F6N3O3/c1-29-9-14(17(27)30)28-16(18(29)31)11-4-2-3-10(7-11)13-8-12(19(21,22)23)5-6-15(13)32-20(24,25)26/h2-9H,1H3,(H2,27,30). The Morgan fingerprint density at radius 1 is 1.03 bits per heavy atom. The minimum atomic E-state index is -5.15. The third-order valence-corrected chi connectivity index (χ3v) is 4.30. The second-order valence-corrected chi connectivity index (χ2v) is 6.59. The number of carbonyl (C=O) groups excluding carboxylic acids is 1. The monoisotopic (exact) mass is 457 g/mol. The fraction of sp³-hybridized carbons (Fsp3) is 0.150. The van der Waals surface area contributed by atoms with Gasteiger partial charge in [0.05, 0.1) is 5.56 Å². The molecule has 0 saturated heterocycles. The minimum absolute atomic E-state index is 0.0431. The lowest BCUT2D eigenvalue weighted by Crippen LogP contribution is -2.25. The lowest BCUT2D eigenvalue weighted by Gasteiger charge is -2.16. The van der Waals surface area contributed by atoms with Gasteiger partial charge in [0.15, 0.2) is 0 Å². The molecule has 2 aromatic carbocycles. The number of amides is 1. The second-order valence-electron chi connectivity index (χ2n) is 6.59. The molecule has 12 heteroatoms. The van der Waals surface area contributed by atoms with Crippen LogP contribution in [0.15, 0.2) is 53.5 Å². The highest BCUT2D eigenvalue weighted by Crippen LogP contribution is 2.39. The van der Waals surface area contributed by atoms with E-state index < -0.39 is 40.9 Å². The van der Waals surface area contributed by atoms with E-state index in [-0.39, 0.29) is 22.5 Å². The summed E-state index contributed by atoms with van der Waals surface area (Å²) >= 11 is 0. The molecule has 0 aliphatic carbocycles. The van der Waals surface area contributed by atoms with E-state index in [1.165, 1.54) is 25.2 Å². The second kappa shape index (κ2) is 8.02. The number of primary amides is 1. The van der Waals surface area contributed by atoms with Crippen LogP contribution >= 0.6 is 0 Å². The van der Waals surface area contributed by atoms with Crippen LogP contribution in [0.5, 0.6) is 5.75 Å². The quantitative estimate of drug-likeness (QED) is 0.597. The number of carbonyl (C=O) groups is 1. The molecule has 0 atom stereocenters. The first-order valence-electron chi connectivity index (χ1n) is 8.71. The molecule has 0 unspecified atom stereocenters. The van der Waals surface area contributed by atoms with Gasteiger partial charge in [0.2, 0.25) is 0 Å². The molecule has 0 aliphatic rings. The molecule has 0 saturated carbocycles. The Morgan fingerprint density at radius 3 is 2.28 bits per heavy atom. The number of ether oxygens (including phenoxy) is 1. The molecule has 0 radical (unpaired) electrons. The van der Waals surface area contributed by atoms with Crippen LogP contribution in [0.4, 0.5) is 26.3 Å². The Labute approximate surface area is 175 Å². The van der Waals surface area contributed by atoms with Crippen LogP contribution in [0, 0.1) is 0 Å². The summed E-state index contributed by atoms with van der Waals surface area (Å²) in [4.78, 5) is 27.8. The van der Waals surface area contributed by atoms with E-state index in [4.69, 9.17) is 5.73 Å². The largest absolute Gasteiger partial charge is 0.573 e. The fourth-order valence-corrected chi connectivity index (χ4v) is 2.89.